The van der Waals surface area contributed by atoms with Crippen molar-refractivity contribution in [2.24, 2.45) is 0 Å². The third-order valence-electron chi connectivity index (χ3n) is 4.09. The van der Waals surface area contributed by atoms with E-state index in [1.54, 1.807) is 0 Å². The molecule has 0 spiro atoms. The Hall–Kier alpha value is -2.15. The number of nitrogens with one attached hydrogen (secondary N) is 1. The van der Waals surface area contributed by atoms with Crippen LogP contribution in [0.25, 0.3) is 11.2 Å². The number of H-pyrrole nitrogens is 1. The fourth-order valence-corrected chi connectivity index (χ4v) is 4.07. The number of ether oxygens (including phenoxy) is 1. The largest absolute Gasteiger partial charge is 0.481 e. The smallest absolute Gasteiger partial charge is 0.303 e. The van der Waals surface area contributed by atoms with Crippen LogP contribution in [0.15, 0.2) is 17.4 Å². The van der Waals surface area contributed by atoms with Crippen molar-refractivity contribution in [2.75, 3.05) is 11.5 Å². The van der Waals surface area contributed by atoms with E-state index in [1.165, 1.54) is 17.2 Å². The number of carboxylic acids is 1. The van der Waals surface area contributed by atoms with Crippen LogP contribution in [0.5, 0.6) is 0 Å². The van der Waals surface area contributed by atoms with Crippen LogP contribution in [0.4, 0.5) is 0 Å². The second-order valence-electron chi connectivity index (χ2n) is 5.91. The molecule has 3 unspecified atom stereocenters. The van der Waals surface area contributed by atoms with Crippen molar-refractivity contribution in [1.29, 1.82) is 0 Å². The molecule has 5 atom stereocenters. The highest BCUT2D eigenvalue weighted by Gasteiger charge is 2.44. The summed E-state index contributed by atoms with van der Waals surface area (Å²) < 4.78 is 19.0. The van der Waals surface area contributed by atoms with Crippen LogP contribution < -0.4 is 5.56 Å². The second-order valence-corrected chi connectivity index (χ2v) is 7.53. The number of carboxylic acid groups (broad SMARTS) is 1. The van der Waals surface area contributed by atoms with Gasteiger partial charge in [0.15, 0.2) is 17.4 Å². The average molecular weight is 386 g/mol. The molecule has 1 fully saturated rings. The molecule has 2 aromatic rings. The first-order valence-electron chi connectivity index (χ1n) is 7.87. The van der Waals surface area contributed by atoms with Crippen molar-refractivity contribution < 1.29 is 29.1 Å². The van der Waals surface area contributed by atoms with Crippen molar-refractivity contribution in [2.45, 2.75) is 37.4 Å². The van der Waals surface area contributed by atoms with Crippen LogP contribution in [0.3, 0.4) is 0 Å². The van der Waals surface area contributed by atoms with E-state index in [2.05, 4.69) is 15.0 Å². The molecule has 142 valence electrons. The molecular formula is C14H18N4O7S. The number of aromatic nitrogens is 4. The van der Waals surface area contributed by atoms with Crippen LogP contribution in [-0.2, 0) is 20.3 Å². The number of aliphatic hydroxyl groups is 2. The molecule has 0 bridgehead atoms. The normalized spacial score (nSPS) is 27.0. The number of rotatable bonds is 7. The number of hydrogen-bond acceptors (Lipinski definition) is 8. The molecule has 3 rings (SSSR count). The number of nitrogens with zero attached hydrogens (tertiary/aromatic N) is 3. The maximum atomic E-state index is 12.1. The first-order valence-corrected chi connectivity index (χ1v) is 9.36. The molecule has 26 heavy (non-hydrogen) atoms. The Balaban J connectivity index is 1.71. The highest BCUT2D eigenvalue weighted by molar-refractivity contribution is 7.85. The Morgan fingerprint density at radius 1 is 1.35 bits per heavy atom. The molecule has 0 amide bonds. The van der Waals surface area contributed by atoms with Crippen molar-refractivity contribution >= 4 is 27.9 Å². The molecule has 12 heteroatoms. The summed E-state index contributed by atoms with van der Waals surface area (Å²) in [4.78, 5) is 32.5. The van der Waals surface area contributed by atoms with Gasteiger partial charge >= 0.3 is 5.97 Å². The van der Waals surface area contributed by atoms with Crippen LogP contribution in [0.1, 0.15) is 19.1 Å². The number of fused-ring (bicyclic) bond motifs is 1. The van der Waals surface area contributed by atoms with Gasteiger partial charge in [-0.25, -0.2) is 9.97 Å². The van der Waals surface area contributed by atoms with Gasteiger partial charge < -0.3 is 25.0 Å². The summed E-state index contributed by atoms with van der Waals surface area (Å²) in [5.74, 6) is -0.858. The lowest BCUT2D eigenvalue weighted by Crippen LogP contribution is -2.34. The van der Waals surface area contributed by atoms with Gasteiger partial charge in [-0.3, -0.25) is 18.4 Å². The van der Waals surface area contributed by atoms with Gasteiger partial charge in [0.05, 0.1) is 18.4 Å². The summed E-state index contributed by atoms with van der Waals surface area (Å²) >= 11 is 0. The predicted molar refractivity (Wildman–Crippen MR) is 88.8 cm³/mol. The number of hydrogen-bond donors (Lipinski definition) is 4. The van der Waals surface area contributed by atoms with Crippen molar-refractivity contribution in [3.05, 3.63) is 23.0 Å². The molecule has 2 aromatic heterocycles. The van der Waals surface area contributed by atoms with Crippen LogP contribution in [0.2, 0.25) is 0 Å². The maximum absolute atomic E-state index is 12.1. The summed E-state index contributed by atoms with van der Waals surface area (Å²) in [5.41, 5.74) is -0.190. The quantitative estimate of drug-likeness (QED) is 0.436. The van der Waals surface area contributed by atoms with E-state index >= 15 is 0 Å². The molecule has 0 aromatic carbocycles. The fourth-order valence-electron chi connectivity index (χ4n) is 2.80. The van der Waals surface area contributed by atoms with Crippen LogP contribution >= 0.6 is 0 Å². The zero-order chi connectivity index (χ0) is 18.8. The lowest BCUT2D eigenvalue weighted by molar-refractivity contribution is -0.137. The van der Waals surface area contributed by atoms with E-state index in [4.69, 9.17) is 9.84 Å². The predicted octanol–water partition coefficient (Wildman–Crippen LogP) is -1.65. The van der Waals surface area contributed by atoms with Gasteiger partial charge in [0.25, 0.3) is 5.56 Å². The minimum atomic E-state index is -1.41. The van der Waals surface area contributed by atoms with Crippen LogP contribution in [0, 0.1) is 0 Å². The molecule has 1 aliphatic rings. The lowest BCUT2D eigenvalue weighted by Gasteiger charge is -2.16. The molecule has 3 heterocycles. The Kier molecular flexibility index (Phi) is 5.46. The SMILES string of the molecule is O=C(O)CCCS(=O)C[C@H]1O[C@@H](n2cnc3c(=O)[nH]cnc32)C(O)C1O. The van der Waals surface area contributed by atoms with E-state index in [-0.39, 0.29) is 35.5 Å². The van der Waals surface area contributed by atoms with Gasteiger partial charge in [0, 0.05) is 23.0 Å². The molecular weight excluding hydrogens is 368 g/mol. The average Bonchev–Trinajstić information content (AvgIpc) is 3.12. The van der Waals surface area contributed by atoms with Gasteiger partial charge in [-0.15, -0.1) is 0 Å². The molecule has 11 nitrogen and oxygen atoms in total. The number of imidazole rings is 1. The molecule has 4 N–H and O–H groups in total. The number of aliphatic hydroxyl groups excluding tert-OH is 2. The van der Waals surface area contributed by atoms with E-state index in [0.717, 1.165) is 0 Å². The third kappa shape index (κ3) is 3.67. The summed E-state index contributed by atoms with van der Waals surface area (Å²) in [7, 11) is -1.41. The Bertz CT molecular complexity index is 882. The second kappa shape index (κ2) is 7.61. The van der Waals surface area contributed by atoms with Crippen molar-refractivity contribution in [1.82, 2.24) is 19.5 Å². The summed E-state index contributed by atoms with van der Waals surface area (Å²) in [6.45, 7) is 0. The van der Waals surface area contributed by atoms with Gasteiger partial charge in [0.2, 0.25) is 0 Å². The van der Waals surface area contributed by atoms with Gasteiger partial charge in [-0.05, 0) is 6.42 Å². The Morgan fingerprint density at radius 2 is 2.12 bits per heavy atom. The maximum Gasteiger partial charge on any atom is 0.303 e. The molecule has 1 aliphatic heterocycles. The molecule has 0 saturated carbocycles. The minimum Gasteiger partial charge on any atom is -0.481 e. The van der Waals surface area contributed by atoms with Gasteiger partial charge in [-0.1, -0.05) is 0 Å². The highest BCUT2D eigenvalue weighted by atomic mass is 32.2. The topological polar surface area (TPSA) is 168 Å². The molecule has 0 aliphatic carbocycles. The molecule has 1 saturated heterocycles. The van der Waals surface area contributed by atoms with E-state index in [9.17, 15) is 24.0 Å². The van der Waals surface area contributed by atoms with E-state index in [1.807, 2.05) is 0 Å². The van der Waals surface area contributed by atoms with E-state index in [0.29, 0.717) is 0 Å². The summed E-state index contributed by atoms with van der Waals surface area (Å²) in [5, 5.41) is 29.1. The van der Waals surface area contributed by atoms with Gasteiger partial charge in [0.1, 0.15) is 18.3 Å². The lowest BCUT2D eigenvalue weighted by atomic mass is 10.1. The highest BCUT2D eigenvalue weighted by Crippen LogP contribution is 2.31. The zero-order valence-electron chi connectivity index (χ0n) is 13.5. The van der Waals surface area contributed by atoms with E-state index < -0.39 is 46.9 Å². The standard InChI is InChI=1S/C14H18N4O7S/c19-8(20)2-1-3-26(24)4-7-10(21)11(22)14(25-7)18-6-17-9-12(18)15-5-16-13(9)23/h5-7,10-11,14,21-22H,1-4H2,(H,19,20)(H,15,16,23)/t7-,10?,11?,14-,26?/m1/s1. The molecule has 0 radical (unpaired) electrons. The van der Waals surface area contributed by atoms with Crippen LogP contribution in [-0.4, -0.2) is 74.8 Å². The third-order valence-corrected chi connectivity index (χ3v) is 5.53. The Labute approximate surface area is 149 Å². The van der Waals surface area contributed by atoms with Crippen molar-refractivity contribution in [3.63, 3.8) is 0 Å². The summed E-state index contributed by atoms with van der Waals surface area (Å²) in [6.07, 6.45) is -1.93. The first-order chi connectivity index (χ1) is 12.4. The number of aliphatic carboxylic acids is 1. The summed E-state index contributed by atoms with van der Waals surface area (Å²) in [6, 6.07) is 0. The minimum absolute atomic E-state index is 0.0466. The van der Waals surface area contributed by atoms with Crippen molar-refractivity contribution in [3.8, 4) is 0 Å². The number of aromatic amines is 1. The Morgan fingerprint density at radius 3 is 2.85 bits per heavy atom. The fraction of sp³-hybridized carbons (Fsp3) is 0.571. The zero-order valence-corrected chi connectivity index (χ0v) is 14.3. The first kappa shape index (κ1) is 18.6. The van der Waals surface area contributed by atoms with Gasteiger partial charge in [-0.2, -0.15) is 0 Å². The number of carbonyl (C=O) groups is 1. The monoisotopic (exact) mass is 386 g/mol.